The van der Waals surface area contributed by atoms with Crippen molar-refractivity contribution in [2.75, 3.05) is 11.4 Å². The molecule has 1 heterocycles. The minimum Gasteiger partial charge on any atom is -0.370 e. The average Bonchev–Trinajstić information content (AvgIpc) is 2.95. The van der Waals surface area contributed by atoms with Gasteiger partial charge in [-0.3, -0.25) is 9.59 Å². The predicted molar refractivity (Wildman–Crippen MR) is 97.6 cm³/mol. The molecule has 1 aliphatic rings. The summed E-state index contributed by atoms with van der Waals surface area (Å²) in [7, 11) is 0. The summed E-state index contributed by atoms with van der Waals surface area (Å²) in [6, 6.07) is 8.07. The molecule has 130 valence electrons. The van der Waals surface area contributed by atoms with E-state index in [1.54, 1.807) is 6.08 Å². The molecule has 1 atom stereocenters. The molecule has 0 unspecified atom stereocenters. The predicted octanol–water partition coefficient (Wildman–Crippen LogP) is 3.45. The fourth-order valence-corrected chi connectivity index (χ4v) is 3.31. The fraction of sp³-hybridized carbons (Fsp3) is 0.500. The number of carbonyl (C=O) groups excluding carboxylic acids is 2. The van der Waals surface area contributed by atoms with Crippen LogP contribution < -0.4 is 10.6 Å². The molecule has 2 rings (SSSR count). The molecule has 1 aromatic rings. The van der Waals surface area contributed by atoms with E-state index in [-0.39, 0.29) is 11.8 Å². The van der Waals surface area contributed by atoms with Crippen LogP contribution in [-0.2, 0) is 16.0 Å². The number of nitrogens with zero attached hydrogens (tertiary/aromatic N) is 1. The van der Waals surface area contributed by atoms with E-state index in [2.05, 4.69) is 19.9 Å². The van der Waals surface area contributed by atoms with Gasteiger partial charge in [0.05, 0.1) is 0 Å². The van der Waals surface area contributed by atoms with Crippen LogP contribution in [0.5, 0.6) is 0 Å². The number of carbonyl (C=O) groups is 2. The SMILES string of the molecule is CC(C)C[C@@H](C=CC(=O)N1CCc2ccccc21)CCCC(N)=O. The molecule has 0 saturated carbocycles. The maximum atomic E-state index is 12.5. The molecule has 0 fully saturated rings. The van der Waals surface area contributed by atoms with Gasteiger partial charge in [0.2, 0.25) is 5.91 Å². The third-order valence-corrected chi connectivity index (χ3v) is 4.44. The van der Waals surface area contributed by atoms with Gasteiger partial charge in [-0.15, -0.1) is 0 Å². The lowest BCUT2D eigenvalue weighted by Gasteiger charge is -2.17. The lowest BCUT2D eigenvalue weighted by molar-refractivity contribution is -0.118. The summed E-state index contributed by atoms with van der Waals surface area (Å²) in [5, 5.41) is 0. The summed E-state index contributed by atoms with van der Waals surface area (Å²) < 4.78 is 0. The molecule has 0 saturated heterocycles. The molecular formula is C20H28N2O2. The van der Waals surface area contributed by atoms with Crippen molar-refractivity contribution in [1.82, 2.24) is 0 Å². The fourth-order valence-electron chi connectivity index (χ4n) is 3.31. The molecule has 2 amide bonds. The second kappa shape index (κ2) is 8.67. The van der Waals surface area contributed by atoms with Crippen LogP contribution in [0.25, 0.3) is 0 Å². The molecule has 0 bridgehead atoms. The third-order valence-electron chi connectivity index (χ3n) is 4.44. The Morgan fingerprint density at radius 2 is 2.04 bits per heavy atom. The first-order chi connectivity index (χ1) is 11.5. The molecule has 24 heavy (non-hydrogen) atoms. The monoisotopic (exact) mass is 328 g/mol. The quantitative estimate of drug-likeness (QED) is 0.743. The highest BCUT2D eigenvalue weighted by Gasteiger charge is 2.22. The van der Waals surface area contributed by atoms with E-state index in [1.165, 1.54) is 5.56 Å². The van der Waals surface area contributed by atoms with E-state index in [1.807, 2.05) is 29.2 Å². The Hall–Kier alpha value is -2.10. The first-order valence-corrected chi connectivity index (χ1v) is 8.83. The molecule has 0 aliphatic carbocycles. The summed E-state index contributed by atoms with van der Waals surface area (Å²) in [6.45, 7) is 5.10. The van der Waals surface area contributed by atoms with E-state index in [9.17, 15) is 9.59 Å². The number of nitrogens with two attached hydrogens (primary N) is 1. The maximum absolute atomic E-state index is 12.5. The van der Waals surface area contributed by atoms with E-state index in [4.69, 9.17) is 5.73 Å². The van der Waals surface area contributed by atoms with E-state index in [0.717, 1.165) is 37.9 Å². The average molecular weight is 328 g/mol. The van der Waals surface area contributed by atoms with Crippen molar-refractivity contribution in [3.8, 4) is 0 Å². The number of anilines is 1. The Labute approximate surface area is 144 Å². The number of hydrogen-bond donors (Lipinski definition) is 1. The van der Waals surface area contributed by atoms with Gasteiger partial charge in [0.15, 0.2) is 0 Å². The third kappa shape index (κ3) is 5.22. The molecule has 1 aliphatic heterocycles. The van der Waals surface area contributed by atoms with Gasteiger partial charge >= 0.3 is 0 Å². The zero-order chi connectivity index (χ0) is 17.5. The molecule has 0 aromatic heterocycles. The number of fused-ring (bicyclic) bond motifs is 1. The molecule has 0 radical (unpaired) electrons. The molecule has 4 nitrogen and oxygen atoms in total. The second-order valence-corrected chi connectivity index (χ2v) is 6.98. The first kappa shape index (κ1) is 18.2. The standard InChI is InChI=1S/C20H28N2O2/c1-15(2)14-16(6-5-9-19(21)23)10-11-20(24)22-13-12-17-7-3-4-8-18(17)22/h3-4,7-8,10-11,15-16H,5-6,9,12-14H2,1-2H3,(H2,21,23)/t16-/m1/s1. The smallest absolute Gasteiger partial charge is 0.250 e. The molecule has 2 N–H and O–H groups in total. The minimum atomic E-state index is -0.257. The van der Waals surface area contributed by atoms with Crippen molar-refractivity contribution >= 4 is 17.5 Å². The van der Waals surface area contributed by atoms with Crippen LogP contribution in [0.2, 0.25) is 0 Å². The van der Waals surface area contributed by atoms with Crippen LogP contribution in [0.15, 0.2) is 36.4 Å². The maximum Gasteiger partial charge on any atom is 0.250 e. The summed E-state index contributed by atoms with van der Waals surface area (Å²) in [6.07, 6.45) is 7.74. The zero-order valence-corrected chi connectivity index (χ0v) is 14.7. The second-order valence-electron chi connectivity index (χ2n) is 6.98. The summed E-state index contributed by atoms with van der Waals surface area (Å²) >= 11 is 0. The number of rotatable bonds is 8. The van der Waals surface area contributed by atoms with Gasteiger partial charge < -0.3 is 10.6 Å². The molecule has 0 spiro atoms. The Morgan fingerprint density at radius 1 is 1.29 bits per heavy atom. The van der Waals surface area contributed by atoms with Gasteiger partial charge in [0.25, 0.3) is 5.91 Å². The van der Waals surface area contributed by atoms with E-state index in [0.29, 0.717) is 18.3 Å². The van der Waals surface area contributed by atoms with E-state index >= 15 is 0 Å². The van der Waals surface area contributed by atoms with Gasteiger partial charge in [0, 0.05) is 18.7 Å². The first-order valence-electron chi connectivity index (χ1n) is 8.83. The van der Waals surface area contributed by atoms with Crippen LogP contribution in [-0.4, -0.2) is 18.4 Å². The zero-order valence-electron chi connectivity index (χ0n) is 14.7. The van der Waals surface area contributed by atoms with Gasteiger partial charge in [0.1, 0.15) is 0 Å². The van der Waals surface area contributed by atoms with Gasteiger partial charge in [-0.25, -0.2) is 0 Å². The summed E-state index contributed by atoms with van der Waals surface area (Å²) in [4.78, 5) is 25.3. The molecule has 4 heteroatoms. The topological polar surface area (TPSA) is 63.4 Å². The Kier molecular flexibility index (Phi) is 6.59. The minimum absolute atomic E-state index is 0.0450. The molecular weight excluding hydrogens is 300 g/mol. The van der Waals surface area contributed by atoms with Gasteiger partial charge in [-0.1, -0.05) is 38.1 Å². The van der Waals surface area contributed by atoms with Crippen LogP contribution >= 0.6 is 0 Å². The Morgan fingerprint density at radius 3 is 2.75 bits per heavy atom. The van der Waals surface area contributed by atoms with Crippen LogP contribution in [0, 0.1) is 11.8 Å². The van der Waals surface area contributed by atoms with Crippen LogP contribution in [0.1, 0.15) is 45.1 Å². The highest BCUT2D eigenvalue weighted by Crippen LogP contribution is 2.28. The summed E-state index contributed by atoms with van der Waals surface area (Å²) in [5.41, 5.74) is 7.48. The van der Waals surface area contributed by atoms with Crippen molar-refractivity contribution < 1.29 is 9.59 Å². The molecule has 1 aromatic carbocycles. The van der Waals surface area contributed by atoms with Crippen molar-refractivity contribution in [1.29, 1.82) is 0 Å². The van der Waals surface area contributed by atoms with Crippen molar-refractivity contribution in [3.63, 3.8) is 0 Å². The van der Waals surface area contributed by atoms with Gasteiger partial charge in [-0.2, -0.15) is 0 Å². The summed E-state index contributed by atoms with van der Waals surface area (Å²) in [5.74, 6) is 0.651. The highest BCUT2D eigenvalue weighted by molar-refractivity contribution is 6.02. The number of primary amides is 1. The van der Waals surface area contributed by atoms with E-state index < -0.39 is 0 Å². The lowest BCUT2D eigenvalue weighted by Crippen LogP contribution is -2.27. The highest BCUT2D eigenvalue weighted by atomic mass is 16.2. The number of para-hydroxylation sites is 1. The normalized spacial score (nSPS) is 15.0. The number of allylic oxidation sites excluding steroid dienone is 1. The van der Waals surface area contributed by atoms with Crippen molar-refractivity contribution in [2.45, 2.75) is 46.0 Å². The Balaban J connectivity index is 1.97. The Bertz CT molecular complexity index is 607. The number of hydrogen-bond acceptors (Lipinski definition) is 2. The number of amides is 2. The van der Waals surface area contributed by atoms with Crippen LogP contribution in [0.4, 0.5) is 5.69 Å². The largest absolute Gasteiger partial charge is 0.370 e. The van der Waals surface area contributed by atoms with Crippen LogP contribution in [0.3, 0.4) is 0 Å². The van der Waals surface area contributed by atoms with Crippen molar-refractivity contribution in [3.05, 3.63) is 42.0 Å². The lowest BCUT2D eigenvalue weighted by atomic mass is 9.92. The van der Waals surface area contributed by atoms with Gasteiger partial charge in [-0.05, 0) is 55.2 Å². The van der Waals surface area contributed by atoms with Crippen molar-refractivity contribution in [2.24, 2.45) is 17.6 Å². The number of benzene rings is 1.